The Balaban J connectivity index is 1.35. The largest absolute Gasteiger partial charge is 0.508 e. The first-order chi connectivity index (χ1) is 16.0. The van der Waals surface area contributed by atoms with Crippen molar-refractivity contribution < 1.29 is 24.5 Å². The molecule has 6 nitrogen and oxygen atoms in total. The zero-order chi connectivity index (χ0) is 22.9. The maximum atomic E-state index is 13.2. The minimum atomic E-state index is -1.02. The van der Waals surface area contributed by atoms with Gasteiger partial charge in [0.1, 0.15) is 18.4 Å². The predicted molar refractivity (Wildman–Crippen MR) is 123 cm³/mol. The van der Waals surface area contributed by atoms with E-state index in [0.29, 0.717) is 19.3 Å². The van der Waals surface area contributed by atoms with Gasteiger partial charge < -0.3 is 14.9 Å². The van der Waals surface area contributed by atoms with Crippen molar-refractivity contribution in [1.29, 1.82) is 0 Å². The third kappa shape index (κ3) is 3.93. The Labute approximate surface area is 192 Å². The smallest absolute Gasteiger partial charge is 0.410 e. The molecule has 33 heavy (non-hydrogen) atoms. The van der Waals surface area contributed by atoms with Crippen LogP contribution in [0.4, 0.5) is 4.79 Å². The molecule has 3 aromatic carbocycles. The van der Waals surface area contributed by atoms with E-state index in [1.165, 1.54) is 4.90 Å². The number of likely N-dealkylation sites (tertiary alicyclic amines) is 1. The van der Waals surface area contributed by atoms with Crippen molar-refractivity contribution >= 4 is 12.1 Å². The molecule has 1 fully saturated rings. The van der Waals surface area contributed by atoms with Gasteiger partial charge in [-0.05, 0) is 59.2 Å². The number of aromatic hydroxyl groups is 1. The van der Waals surface area contributed by atoms with Gasteiger partial charge in [-0.2, -0.15) is 0 Å². The van der Waals surface area contributed by atoms with E-state index in [2.05, 4.69) is 24.3 Å². The Kier molecular flexibility index (Phi) is 5.50. The highest BCUT2D eigenvalue weighted by Gasteiger charge is 2.42. The Morgan fingerprint density at radius 1 is 0.879 bits per heavy atom. The van der Waals surface area contributed by atoms with E-state index in [1.54, 1.807) is 24.3 Å². The van der Waals surface area contributed by atoms with Gasteiger partial charge in [0.2, 0.25) is 0 Å². The summed E-state index contributed by atoms with van der Waals surface area (Å²) in [6, 6.07) is 21.8. The number of fused-ring (bicyclic) bond motifs is 3. The SMILES string of the molecule is O=C(O)C1CCC(Cc2ccc(O)cc2)N1C(=O)OCC1c2ccccc2-c2ccccc21. The van der Waals surface area contributed by atoms with E-state index < -0.39 is 18.1 Å². The van der Waals surface area contributed by atoms with Crippen molar-refractivity contribution in [2.45, 2.75) is 37.3 Å². The minimum Gasteiger partial charge on any atom is -0.508 e. The molecule has 1 heterocycles. The summed E-state index contributed by atoms with van der Waals surface area (Å²) in [4.78, 5) is 26.5. The van der Waals surface area contributed by atoms with Crippen LogP contribution < -0.4 is 0 Å². The molecule has 5 rings (SSSR count). The van der Waals surface area contributed by atoms with E-state index in [-0.39, 0.29) is 24.3 Å². The molecule has 0 aromatic heterocycles. The third-order valence-electron chi connectivity index (χ3n) is 6.74. The maximum Gasteiger partial charge on any atom is 0.410 e. The molecule has 0 spiro atoms. The molecule has 2 aliphatic rings. The summed E-state index contributed by atoms with van der Waals surface area (Å²) in [5.74, 6) is -0.929. The molecule has 168 valence electrons. The van der Waals surface area contributed by atoms with Crippen LogP contribution in [-0.4, -0.2) is 45.9 Å². The van der Waals surface area contributed by atoms with Crippen molar-refractivity contribution in [3.05, 3.63) is 89.5 Å². The van der Waals surface area contributed by atoms with Crippen LogP contribution in [0.25, 0.3) is 11.1 Å². The van der Waals surface area contributed by atoms with Crippen molar-refractivity contribution in [3.8, 4) is 16.9 Å². The summed E-state index contributed by atoms with van der Waals surface area (Å²) in [6.07, 6.45) is 0.893. The highest BCUT2D eigenvalue weighted by atomic mass is 16.6. The zero-order valence-corrected chi connectivity index (χ0v) is 18.1. The maximum absolute atomic E-state index is 13.2. The van der Waals surface area contributed by atoms with Crippen LogP contribution in [0.2, 0.25) is 0 Å². The van der Waals surface area contributed by atoms with Gasteiger partial charge >= 0.3 is 12.1 Å². The van der Waals surface area contributed by atoms with E-state index in [9.17, 15) is 19.8 Å². The Morgan fingerprint density at radius 2 is 1.48 bits per heavy atom. The van der Waals surface area contributed by atoms with E-state index >= 15 is 0 Å². The van der Waals surface area contributed by atoms with Gasteiger partial charge in [-0.15, -0.1) is 0 Å². The molecule has 3 aromatic rings. The Bertz CT molecular complexity index is 1140. The van der Waals surface area contributed by atoms with Crippen molar-refractivity contribution in [1.82, 2.24) is 4.90 Å². The number of amides is 1. The quantitative estimate of drug-likeness (QED) is 0.591. The van der Waals surface area contributed by atoms with Gasteiger partial charge in [0, 0.05) is 12.0 Å². The lowest BCUT2D eigenvalue weighted by Gasteiger charge is -2.28. The number of carboxylic acids is 1. The summed E-state index contributed by atoms with van der Waals surface area (Å²) >= 11 is 0. The van der Waals surface area contributed by atoms with Crippen molar-refractivity contribution in [3.63, 3.8) is 0 Å². The molecule has 6 heteroatoms. The van der Waals surface area contributed by atoms with Gasteiger partial charge in [-0.3, -0.25) is 4.90 Å². The molecule has 0 radical (unpaired) electrons. The highest BCUT2D eigenvalue weighted by Crippen LogP contribution is 2.44. The number of hydrogen-bond acceptors (Lipinski definition) is 4. The average Bonchev–Trinajstić information content (AvgIpc) is 3.38. The lowest BCUT2D eigenvalue weighted by atomic mass is 9.98. The normalized spacial score (nSPS) is 19.2. The zero-order valence-electron chi connectivity index (χ0n) is 18.1. The van der Waals surface area contributed by atoms with Crippen LogP contribution >= 0.6 is 0 Å². The second-order valence-corrected chi connectivity index (χ2v) is 8.67. The number of hydrogen-bond donors (Lipinski definition) is 2. The molecule has 2 atom stereocenters. The summed E-state index contributed by atoms with van der Waals surface area (Å²) in [7, 11) is 0. The number of phenols is 1. The average molecular weight is 443 g/mol. The lowest BCUT2D eigenvalue weighted by molar-refractivity contribution is -0.142. The molecule has 2 unspecified atom stereocenters. The molecular weight excluding hydrogens is 418 g/mol. The monoisotopic (exact) mass is 443 g/mol. The Morgan fingerprint density at radius 3 is 2.09 bits per heavy atom. The molecule has 0 saturated carbocycles. The number of carbonyl (C=O) groups excluding carboxylic acids is 1. The molecule has 2 N–H and O–H groups in total. The fourth-order valence-electron chi connectivity index (χ4n) is 5.17. The van der Waals surface area contributed by atoms with Crippen LogP contribution in [0.15, 0.2) is 72.8 Å². The van der Waals surface area contributed by atoms with Crippen LogP contribution in [-0.2, 0) is 16.0 Å². The van der Waals surface area contributed by atoms with Crippen LogP contribution in [0.3, 0.4) is 0 Å². The van der Waals surface area contributed by atoms with Gasteiger partial charge in [-0.1, -0.05) is 60.7 Å². The van der Waals surface area contributed by atoms with Gasteiger partial charge in [0.05, 0.1) is 0 Å². The van der Waals surface area contributed by atoms with Crippen LogP contribution in [0.5, 0.6) is 5.75 Å². The number of carbonyl (C=O) groups is 2. The second-order valence-electron chi connectivity index (χ2n) is 8.67. The lowest BCUT2D eigenvalue weighted by Crippen LogP contribution is -2.46. The summed E-state index contributed by atoms with van der Waals surface area (Å²) < 4.78 is 5.77. The van der Waals surface area contributed by atoms with Crippen LogP contribution in [0.1, 0.15) is 35.4 Å². The summed E-state index contributed by atoms with van der Waals surface area (Å²) in [5.41, 5.74) is 5.44. The van der Waals surface area contributed by atoms with E-state index in [1.807, 2.05) is 24.3 Å². The molecule has 1 aliphatic carbocycles. The van der Waals surface area contributed by atoms with Crippen molar-refractivity contribution in [2.75, 3.05) is 6.61 Å². The minimum absolute atomic E-state index is 0.0808. The van der Waals surface area contributed by atoms with Gasteiger partial charge in [-0.25, -0.2) is 9.59 Å². The summed E-state index contributed by atoms with van der Waals surface area (Å²) in [6.45, 7) is 0.154. The van der Waals surface area contributed by atoms with E-state index in [0.717, 1.165) is 27.8 Å². The fourth-order valence-corrected chi connectivity index (χ4v) is 5.17. The number of ether oxygens (including phenoxy) is 1. The van der Waals surface area contributed by atoms with Crippen LogP contribution in [0, 0.1) is 0 Å². The van der Waals surface area contributed by atoms with Gasteiger partial charge in [0.15, 0.2) is 0 Å². The molecule has 1 aliphatic heterocycles. The number of phenolic OH excluding ortho intramolecular Hbond substituents is 1. The number of aliphatic carboxylic acids is 1. The fraction of sp³-hybridized carbons (Fsp3) is 0.259. The van der Waals surface area contributed by atoms with E-state index in [4.69, 9.17) is 4.74 Å². The Hall–Kier alpha value is -3.80. The molecule has 0 bridgehead atoms. The number of nitrogens with zero attached hydrogens (tertiary/aromatic N) is 1. The predicted octanol–water partition coefficient (Wildman–Crippen LogP) is 4.80. The first kappa shape index (κ1) is 21.1. The summed E-state index contributed by atoms with van der Waals surface area (Å²) in [5, 5.41) is 19.2. The standard InChI is InChI=1S/C27H25NO5/c29-19-12-9-17(10-13-19)15-18-11-14-25(26(30)31)28(18)27(32)33-16-24-22-7-3-1-5-20(22)21-6-2-4-8-23(21)24/h1-10,12-13,18,24-25,29H,11,14-16H2,(H,30,31). The molecule has 1 amide bonds. The number of rotatable bonds is 5. The number of benzene rings is 3. The number of carboxylic acid groups (broad SMARTS) is 1. The third-order valence-corrected chi connectivity index (χ3v) is 6.74. The second kappa shape index (κ2) is 8.62. The van der Waals surface area contributed by atoms with Gasteiger partial charge in [0.25, 0.3) is 0 Å². The highest BCUT2D eigenvalue weighted by molar-refractivity contribution is 5.82. The molecular formula is C27H25NO5. The first-order valence-electron chi connectivity index (χ1n) is 11.2. The first-order valence-corrected chi connectivity index (χ1v) is 11.2. The molecule has 1 saturated heterocycles. The topological polar surface area (TPSA) is 87.1 Å². The van der Waals surface area contributed by atoms with Crippen molar-refractivity contribution in [2.24, 2.45) is 0 Å².